The summed E-state index contributed by atoms with van der Waals surface area (Å²) in [7, 11) is 4.26. The van der Waals surface area contributed by atoms with Crippen LogP contribution in [0, 0.1) is 26.7 Å². The average molecular weight is 502 g/mol. The molecule has 1 aliphatic heterocycles. The van der Waals surface area contributed by atoms with Crippen molar-refractivity contribution in [2.45, 2.75) is 78.2 Å². The number of aromatic nitrogens is 1. The SMILES string of the molecule is Cc1cc(C)c(CNC(=O)Cc2cc(Cl)c3c(c2C)O[C@@](C)(C2CCC(N(C)C)CC2)O3)c(=O)[nH]1. The molecule has 1 saturated carbocycles. The number of halogens is 1. The van der Waals surface area contributed by atoms with Gasteiger partial charge in [-0.2, -0.15) is 0 Å². The van der Waals surface area contributed by atoms with Crippen LogP contribution in [0.15, 0.2) is 16.9 Å². The molecule has 1 aromatic carbocycles. The van der Waals surface area contributed by atoms with Crippen molar-refractivity contribution in [1.29, 1.82) is 0 Å². The third-order valence-electron chi connectivity index (χ3n) is 7.63. The Balaban J connectivity index is 1.45. The molecule has 190 valence electrons. The number of H-pyrrole nitrogens is 1. The van der Waals surface area contributed by atoms with E-state index in [4.69, 9.17) is 21.1 Å². The highest BCUT2D eigenvalue weighted by atomic mass is 35.5. The number of aryl methyl sites for hydroxylation is 2. The normalized spacial score (nSPS) is 23.5. The molecule has 0 saturated heterocycles. The molecule has 0 radical (unpaired) electrons. The minimum absolute atomic E-state index is 0.135. The Morgan fingerprint density at radius 3 is 2.43 bits per heavy atom. The first-order valence-electron chi connectivity index (χ1n) is 12.3. The van der Waals surface area contributed by atoms with Gasteiger partial charge in [0.1, 0.15) is 0 Å². The molecule has 1 atom stereocenters. The fourth-order valence-corrected chi connectivity index (χ4v) is 5.64. The van der Waals surface area contributed by atoms with Crippen LogP contribution in [-0.2, 0) is 17.8 Å². The molecule has 4 rings (SSSR count). The minimum atomic E-state index is -0.765. The van der Waals surface area contributed by atoms with Gasteiger partial charge >= 0.3 is 0 Å². The number of hydrogen-bond donors (Lipinski definition) is 2. The molecular formula is C27H36ClN3O4. The number of fused-ring (bicyclic) bond motifs is 1. The van der Waals surface area contributed by atoms with Crippen LogP contribution in [0.2, 0.25) is 5.02 Å². The first-order valence-corrected chi connectivity index (χ1v) is 12.7. The van der Waals surface area contributed by atoms with Gasteiger partial charge in [0, 0.05) is 36.7 Å². The summed E-state index contributed by atoms with van der Waals surface area (Å²) in [6.07, 6.45) is 4.40. The molecule has 0 bridgehead atoms. The quantitative estimate of drug-likeness (QED) is 0.612. The van der Waals surface area contributed by atoms with Crippen LogP contribution in [0.1, 0.15) is 60.6 Å². The lowest BCUT2D eigenvalue weighted by Crippen LogP contribution is -2.46. The largest absolute Gasteiger partial charge is 0.448 e. The molecule has 2 aliphatic rings. The van der Waals surface area contributed by atoms with Crippen LogP contribution in [0.3, 0.4) is 0 Å². The van der Waals surface area contributed by atoms with Gasteiger partial charge in [0.2, 0.25) is 5.91 Å². The van der Waals surface area contributed by atoms with E-state index in [9.17, 15) is 9.59 Å². The van der Waals surface area contributed by atoms with Gasteiger partial charge in [0.25, 0.3) is 11.3 Å². The maximum absolute atomic E-state index is 12.8. The lowest BCUT2D eigenvalue weighted by molar-refractivity contribution is -0.123. The summed E-state index contributed by atoms with van der Waals surface area (Å²) >= 11 is 6.60. The summed E-state index contributed by atoms with van der Waals surface area (Å²) in [6, 6.07) is 4.28. The van der Waals surface area contributed by atoms with Crippen molar-refractivity contribution in [3.8, 4) is 11.5 Å². The third-order valence-corrected chi connectivity index (χ3v) is 7.91. The van der Waals surface area contributed by atoms with Crippen LogP contribution >= 0.6 is 11.6 Å². The number of hydrogen-bond acceptors (Lipinski definition) is 5. The summed E-state index contributed by atoms with van der Waals surface area (Å²) in [5, 5.41) is 3.32. The Labute approximate surface area is 212 Å². The first kappa shape index (κ1) is 25.6. The molecule has 1 fully saturated rings. The summed E-state index contributed by atoms with van der Waals surface area (Å²) in [6.45, 7) is 7.81. The molecule has 0 unspecified atom stereocenters. The second kappa shape index (κ2) is 9.86. The Bertz CT molecular complexity index is 1180. The van der Waals surface area contributed by atoms with Crippen LogP contribution in [0.4, 0.5) is 0 Å². The molecule has 1 amide bonds. The number of aromatic amines is 1. The second-order valence-electron chi connectivity index (χ2n) is 10.4. The van der Waals surface area contributed by atoms with Gasteiger partial charge in [-0.1, -0.05) is 11.6 Å². The molecule has 0 spiro atoms. The lowest BCUT2D eigenvalue weighted by Gasteiger charge is -2.39. The number of ether oxygens (including phenoxy) is 2. The van der Waals surface area contributed by atoms with Crippen LogP contribution in [-0.4, -0.2) is 41.7 Å². The zero-order valence-electron chi connectivity index (χ0n) is 21.5. The van der Waals surface area contributed by atoms with Gasteiger partial charge in [-0.15, -0.1) is 0 Å². The second-order valence-corrected chi connectivity index (χ2v) is 10.8. The summed E-state index contributed by atoms with van der Waals surface area (Å²) < 4.78 is 12.8. The van der Waals surface area contributed by atoms with Crippen molar-refractivity contribution in [1.82, 2.24) is 15.2 Å². The summed E-state index contributed by atoms with van der Waals surface area (Å²) in [5.74, 6) is 0.505. The number of carbonyl (C=O) groups is 1. The van der Waals surface area contributed by atoms with E-state index in [2.05, 4.69) is 29.3 Å². The Morgan fingerprint density at radius 1 is 1.14 bits per heavy atom. The van der Waals surface area contributed by atoms with Gasteiger partial charge in [0.05, 0.1) is 11.4 Å². The maximum Gasteiger partial charge on any atom is 0.253 e. The predicted octanol–water partition coefficient (Wildman–Crippen LogP) is 4.42. The number of carbonyl (C=O) groups excluding carboxylic acids is 1. The van der Waals surface area contributed by atoms with Crippen molar-refractivity contribution < 1.29 is 14.3 Å². The Morgan fingerprint density at radius 2 is 1.80 bits per heavy atom. The molecule has 1 aliphatic carbocycles. The molecule has 2 heterocycles. The van der Waals surface area contributed by atoms with E-state index in [1.165, 1.54) is 0 Å². The lowest BCUT2D eigenvalue weighted by atomic mass is 9.81. The van der Waals surface area contributed by atoms with E-state index in [0.717, 1.165) is 48.1 Å². The first-order chi connectivity index (χ1) is 16.5. The van der Waals surface area contributed by atoms with Crippen molar-refractivity contribution in [3.05, 3.63) is 55.5 Å². The fourth-order valence-electron chi connectivity index (χ4n) is 5.39. The summed E-state index contributed by atoms with van der Waals surface area (Å²) in [4.78, 5) is 30.1. The average Bonchev–Trinajstić information content (AvgIpc) is 3.16. The fraction of sp³-hybridized carbons (Fsp3) is 0.556. The smallest absolute Gasteiger partial charge is 0.253 e. The van der Waals surface area contributed by atoms with Crippen LogP contribution < -0.4 is 20.3 Å². The van der Waals surface area contributed by atoms with Gasteiger partial charge in [-0.05, 0) is 89.4 Å². The molecule has 7 nitrogen and oxygen atoms in total. The number of pyridine rings is 1. The molecule has 35 heavy (non-hydrogen) atoms. The standard InChI is InChI=1S/C27H36ClN3O4/c1-15-11-16(2)30-26(33)21(15)14-29-23(32)13-18-12-22(28)25-24(17(18)3)34-27(4,35-25)19-7-9-20(10-8-19)31(5)6/h11-12,19-20H,7-10,13-14H2,1-6H3,(H,29,32)(H,30,33)/t19?,20?,27-/m1/s1. The number of benzene rings is 1. The highest BCUT2D eigenvalue weighted by Gasteiger charge is 2.47. The highest BCUT2D eigenvalue weighted by Crippen LogP contribution is 2.51. The van der Waals surface area contributed by atoms with Crippen molar-refractivity contribution >= 4 is 17.5 Å². The van der Waals surface area contributed by atoms with E-state index in [1.807, 2.05) is 33.8 Å². The van der Waals surface area contributed by atoms with Crippen LogP contribution in [0.5, 0.6) is 11.5 Å². The van der Waals surface area contributed by atoms with Crippen molar-refractivity contribution in [3.63, 3.8) is 0 Å². The van der Waals surface area contributed by atoms with Crippen molar-refractivity contribution in [2.24, 2.45) is 5.92 Å². The minimum Gasteiger partial charge on any atom is -0.448 e. The predicted molar refractivity (Wildman–Crippen MR) is 137 cm³/mol. The molecule has 2 aromatic rings. The Kier molecular flexibility index (Phi) is 7.21. The zero-order valence-corrected chi connectivity index (χ0v) is 22.3. The van der Waals surface area contributed by atoms with Gasteiger partial charge in [-0.3, -0.25) is 9.59 Å². The topological polar surface area (TPSA) is 83.7 Å². The number of nitrogens with one attached hydrogen (secondary N) is 2. The molecule has 8 heteroatoms. The van der Waals surface area contributed by atoms with Crippen LogP contribution in [0.25, 0.3) is 0 Å². The number of rotatable bonds is 6. The third kappa shape index (κ3) is 5.21. The van der Waals surface area contributed by atoms with E-state index >= 15 is 0 Å². The molecule has 2 N–H and O–H groups in total. The van der Waals surface area contributed by atoms with E-state index in [0.29, 0.717) is 28.1 Å². The van der Waals surface area contributed by atoms with E-state index < -0.39 is 5.79 Å². The van der Waals surface area contributed by atoms with Crippen molar-refractivity contribution in [2.75, 3.05) is 14.1 Å². The van der Waals surface area contributed by atoms with E-state index in [1.54, 1.807) is 6.07 Å². The summed E-state index contributed by atoms with van der Waals surface area (Å²) in [5.41, 5.74) is 3.67. The monoisotopic (exact) mass is 501 g/mol. The Hall–Kier alpha value is -2.51. The zero-order chi connectivity index (χ0) is 25.5. The van der Waals surface area contributed by atoms with E-state index in [-0.39, 0.29) is 30.3 Å². The molecular weight excluding hydrogens is 466 g/mol. The molecule has 1 aromatic heterocycles. The number of amides is 1. The van der Waals surface area contributed by atoms with Gasteiger partial charge in [-0.25, -0.2) is 0 Å². The number of nitrogens with zero attached hydrogens (tertiary/aromatic N) is 1. The highest BCUT2D eigenvalue weighted by molar-refractivity contribution is 6.32. The maximum atomic E-state index is 12.8. The van der Waals surface area contributed by atoms with Gasteiger partial charge < -0.3 is 24.7 Å². The van der Waals surface area contributed by atoms with Gasteiger partial charge in [0.15, 0.2) is 11.5 Å².